The molecule has 11 heteroatoms. The van der Waals surface area contributed by atoms with Crippen LogP contribution in [0, 0.1) is 0 Å². The van der Waals surface area contributed by atoms with Crippen LogP contribution in [0.5, 0.6) is 5.75 Å². The number of nitrogens with zero attached hydrogens (tertiary/aromatic N) is 2. The van der Waals surface area contributed by atoms with E-state index in [1.807, 2.05) is 38.1 Å². The summed E-state index contributed by atoms with van der Waals surface area (Å²) in [7, 11) is 1.26. The van der Waals surface area contributed by atoms with Crippen molar-refractivity contribution in [3.05, 3.63) is 87.0 Å². The highest BCUT2D eigenvalue weighted by atomic mass is 35.5. The third-order valence-corrected chi connectivity index (χ3v) is 8.25. The van der Waals surface area contributed by atoms with Gasteiger partial charge in [-0.1, -0.05) is 74.7 Å². The van der Waals surface area contributed by atoms with Crippen LogP contribution in [0.1, 0.15) is 67.2 Å². The fourth-order valence-electron chi connectivity index (χ4n) is 4.95. The second-order valence-corrected chi connectivity index (χ2v) is 12.4. The molecule has 4 rings (SSSR count). The summed E-state index contributed by atoms with van der Waals surface area (Å²) in [6, 6.07) is 15.1. The van der Waals surface area contributed by atoms with Crippen molar-refractivity contribution < 1.29 is 28.6 Å². The van der Waals surface area contributed by atoms with Crippen molar-refractivity contribution in [1.82, 2.24) is 10.3 Å². The van der Waals surface area contributed by atoms with Gasteiger partial charge in [0.25, 0.3) is 5.91 Å². The molecule has 0 saturated carbocycles. The molecule has 1 N–H and O–H groups in total. The van der Waals surface area contributed by atoms with Crippen molar-refractivity contribution in [1.29, 1.82) is 0 Å². The number of rotatable bonds is 12. The maximum absolute atomic E-state index is 12.9. The van der Waals surface area contributed by atoms with E-state index >= 15 is 0 Å². The molecule has 240 valence electrons. The zero-order valence-corrected chi connectivity index (χ0v) is 27.5. The summed E-state index contributed by atoms with van der Waals surface area (Å²) in [6.45, 7) is 7.44. The van der Waals surface area contributed by atoms with Crippen molar-refractivity contribution in [2.24, 2.45) is 0 Å². The topological polar surface area (TPSA) is 107 Å². The standard InChI is InChI=1S/C34H39Cl2N3O6/c1-5-6-19-44-33(42)39-18-8-9-23-14-17-28(38-30(23)39)34(2,3)21-45-24-15-12-22(13-16-24)20-27(32(41)43-4)37-31(40)29-25(35)10-7-11-26(29)36/h7,10-17,27H,5-6,8-9,18-21H2,1-4H3,(H,37,40)/t27-/m0/s1. The van der Waals surface area contributed by atoms with E-state index in [4.69, 9.17) is 42.4 Å². The van der Waals surface area contributed by atoms with Gasteiger partial charge in [-0.2, -0.15) is 0 Å². The van der Waals surface area contributed by atoms with E-state index in [1.54, 1.807) is 35.2 Å². The Morgan fingerprint density at radius 1 is 1.04 bits per heavy atom. The summed E-state index contributed by atoms with van der Waals surface area (Å²) < 4.78 is 16.5. The monoisotopic (exact) mass is 655 g/mol. The maximum Gasteiger partial charge on any atom is 0.415 e. The summed E-state index contributed by atoms with van der Waals surface area (Å²) in [5, 5.41) is 3.05. The Morgan fingerprint density at radius 2 is 1.76 bits per heavy atom. The Balaban J connectivity index is 1.40. The first-order chi connectivity index (χ1) is 21.5. The number of halogens is 2. The van der Waals surface area contributed by atoms with Crippen LogP contribution in [0.15, 0.2) is 54.6 Å². The minimum atomic E-state index is -0.959. The molecule has 0 fully saturated rings. The van der Waals surface area contributed by atoms with Gasteiger partial charge in [-0.05, 0) is 60.7 Å². The van der Waals surface area contributed by atoms with Gasteiger partial charge in [0.2, 0.25) is 0 Å². The van der Waals surface area contributed by atoms with E-state index in [2.05, 4.69) is 12.2 Å². The van der Waals surface area contributed by atoms with Crippen molar-refractivity contribution in [2.45, 2.75) is 64.3 Å². The third-order valence-electron chi connectivity index (χ3n) is 7.62. The van der Waals surface area contributed by atoms with Crippen molar-refractivity contribution in [3.8, 4) is 5.75 Å². The first-order valence-electron chi connectivity index (χ1n) is 15.0. The quantitative estimate of drug-likeness (QED) is 0.166. The number of amides is 2. The molecule has 0 bridgehead atoms. The molecule has 0 aliphatic carbocycles. The number of pyridine rings is 1. The Kier molecular flexibility index (Phi) is 11.7. The highest BCUT2D eigenvalue weighted by Crippen LogP contribution is 2.31. The first kappa shape index (κ1) is 34.1. The molecule has 0 spiro atoms. The van der Waals surface area contributed by atoms with E-state index in [1.165, 1.54) is 7.11 Å². The number of esters is 1. The van der Waals surface area contributed by atoms with Crippen LogP contribution in [0.3, 0.4) is 0 Å². The highest BCUT2D eigenvalue weighted by molar-refractivity contribution is 6.39. The number of unbranched alkanes of at least 4 members (excludes halogenated alkanes) is 1. The minimum Gasteiger partial charge on any atom is -0.493 e. The number of nitrogens with one attached hydrogen (secondary N) is 1. The molecule has 3 aromatic rings. The fourth-order valence-corrected chi connectivity index (χ4v) is 5.52. The molecule has 0 radical (unpaired) electrons. The second-order valence-electron chi connectivity index (χ2n) is 11.6. The van der Waals surface area contributed by atoms with E-state index in [9.17, 15) is 14.4 Å². The van der Waals surface area contributed by atoms with Gasteiger partial charge in [-0.3, -0.25) is 9.69 Å². The Morgan fingerprint density at radius 3 is 2.42 bits per heavy atom. The maximum atomic E-state index is 12.9. The molecule has 0 saturated heterocycles. The minimum absolute atomic E-state index is 0.0918. The molecule has 9 nitrogen and oxygen atoms in total. The van der Waals surface area contributed by atoms with Crippen LogP contribution in [0.2, 0.25) is 10.0 Å². The summed E-state index contributed by atoms with van der Waals surface area (Å²) in [6.07, 6.45) is 3.33. The molecular formula is C34H39Cl2N3O6. The Bertz CT molecular complexity index is 1490. The number of carbonyl (C=O) groups is 3. The predicted molar refractivity (Wildman–Crippen MR) is 175 cm³/mol. The van der Waals surface area contributed by atoms with Crippen molar-refractivity contribution >= 4 is 47.0 Å². The number of anilines is 1. The lowest BCUT2D eigenvalue weighted by Crippen LogP contribution is -2.43. The molecule has 2 amide bonds. The van der Waals surface area contributed by atoms with Crippen LogP contribution >= 0.6 is 23.2 Å². The zero-order chi connectivity index (χ0) is 32.6. The Labute approximate surface area is 274 Å². The van der Waals surface area contributed by atoms with Crippen LogP contribution < -0.4 is 15.0 Å². The largest absolute Gasteiger partial charge is 0.493 e. The van der Waals surface area contributed by atoms with Crippen LogP contribution in [0.4, 0.5) is 10.6 Å². The number of hydrogen-bond donors (Lipinski definition) is 1. The van der Waals surface area contributed by atoms with Gasteiger partial charge in [0.15, 0.2) is 0 Å². The average Bonchev–Trinajstić information content (AvgIpc) is 3.03. The van der Waals surface area contributed by atoms with E-state index in [0.29, 0.717) is 31.3 Å². The molecule has 2 heterocycles. The molecule has 1 aromatic heterocycles. The molecule has 1 atom stereocenters. The lowest BCUT2D eigenvalue weighted by Gasteiger charge is -2.31. The summed E-state index contributed by atoms with van der Waals surface area (Å²) >= 11 is 12.3. The van der Waals surface area contributed by atoms with Gasteiger partial charge in [0, 0.05) is 18.4 Å². The Hall–Kier alpha value is -3.82. The smallest absolute Gasteiger partial charge is 0.415 e. The summed E-state index contributed by atoms with van der Waals surface area (Å²) in [4.78, 5) is 44.7. The van der Waals surface area contributed by atoms with E-state index < -0.39 is 23.3 Å². The van der Waals surface area contributed by atoms with Crippen molar-refractivity contribution in [3.63, 3.8) is 0 Å². The third kappa shape index (κ3) is 8.67. The second kappa shape index (κ2) is 15.5. The molecule has 1 aliphatic heterocycles. The van der Waals surface area contributed by atoms with E-state index in [0.717, 1.165) is 42.5 Å². The number of ether oxygens (including phenoxy) is 3. The van der Waals surface area contributed by atoms with Crippen LogP contribution in [-0.4, -0.2) is 55.9 Å². The SMILES string of the molecule is CCCCOC(=O)N1CCCc2ccc(C(C)(C)COc3ccc(C[C@H](NC(=O)c4c(Cl)cccc4Cl)C(=O)OC)cc3)nc21. The van der Waals surface area contributed by atoms with Gasteiger partial charge < -0.3 is 19.5 Å². The molecule has 2 aromatic carbocycles. The lowest BCUT2D eigenvalue weighted by atomic mass is 9.89. The number of benzene rings is 2. The van der Waals surface area contributed by atoms with Crippen LogP contribution in [-0.2, 0) is 32.5 Å². The van der Waals surface area contributed by atoms with Gasteiger partial charge >= 0.3 is 12.1 Å². The molecule has 45 heavy (non-hydrogen) atoms. The predicted octanol–water partition coefficient (Wildman–Crippen LogP) is 6.95. The highest BCUT2D eigenvalue weighted by Gasteiger charge is 2.30. The number of carbonyl (C=O) groups excluding carboxylic acids is 3. The van der Waals surface area contributed by atoms with Crippen molar-refractivity contribution in [2.75, 3.05) is 31.8 Å². The average molecular weight is 657 g/mol. The molecular weight excluding hydrogens is 617 g/mol. The van der Waals surface area contributed by atoms with Gasteiger partial charge in [-0.15, -0.1) is 0 Å². The first-order valence-corrected chi connectivity index (χ1v) is 15.8. The number of aromatic nitrogens is 1. The molecule has 1 aliphatic rings. The van der Waals surface area contributed by atoms with Gasteiger partial charge in [0.05, 0.1) is 41.6 Å². The van der Waals surface area contributed by atoms with Gasteiger partial charge in [0.1, 0.15) is 17.6 Å². The zero-order valence-electron chi connectivity index (χ0n) is 26.0. The summed E-state index contributed by atoms with van der Waals surface area (Å²) in [5.74, 6) is 0.114. The molecule has 0 unspecified atom stereocenters. The van der Waals surface area contributed by atoms with Gasteiger partial charge in [-0.25, -0.2) is 14.6 Å². The lowest BCUT2D eigenvalue weighted by molar-refractivity contribution is -0.142. The van der Waals surface area contributed by atoms with E-state index in [-0.39, 0.29) is 28.1 Å². The number of aryl methyl sites for hydroxylation is 1. The normalized spacial score (nSPS) is 13.4. The fraction of sp³-hybridized carbons (Fsp3) is 0.412. The number of fused-ring (bicyclic) bond motifs is 1. The number of hydrogen-bond acceptors (Lipinski definition) is 7. The van der Waals surface area contributed by atoms with Crippen LogP contribution in [0.25, 0.3) is 0 Å². The summed E-state index contributed by atoms with van der Waals surface area (Å²) in [5.41, 5.74) is 2.24. The number of methoxy groups -OCH3 is 1.